The molecule has 0 spiro atoms. The molecule has 124 valence electrons. The lowest BCUT2D eigenvalue weighted by atomic mass is 10.1. The highest BCUT2D eigenvalue weighted by Gasteiger charge is 2.37. The smallest absolute Gasteiger partial charge is 0.162 e. The molecule has 2 aliphatic heterocycles. The second kappa shape index (κ2) is 6.16. The summed E-state index contributed by atoms with van der Waals surface area (Å²) < 4.78 is 1.91. The number of aromatic nitrogens is 3. The van der Waals surface area contributed by atoms with Crippen molar-refractivity contribution >= 4 is 18.1 Å². The number of fused-ring (bicyclic) bond motifs is 3. The Kier molecular flexibility index (Phi) is 4.00. The Hall–Kier alpha value is -1.95. The summed E-state index contributed by atoms with van der Waals surface area (Å²) in [5.74, 6) is 0. The molecule has 0 radical (unpaired) electrons. The van der Waals surface area contributed by atoms with Crippen molar-refractivity contribution in [3.8, 4) is 11.1 Å². The molecule has 0 aliphatic carbocycles. The molecule has 0 saturated carbocycles. The Morgan fingerprint density at radius 3 is 2.79 bits per heavy atom. The van der Waals surface area contributed by atoms with Crippen LogP contribution >= 0.6 is 12.4 Å². The van der Waals surface area contributed by atoms with E-state index in [1.54, 1.807) is 0 Å². The predicted octanol–water partition coefficient (Wildman–Crippen LogP) is 2.36. The zero-order chi connectivity index (χ0) is 15.2. The van der Waals surface area contributed by atoms with Gasteiger partial charge in [0.05, 0.1) is 6.20 Å². The van der Waals surface area contributed by atoms with Crippen LogP contribution in [0.15, 0.2) is 48.9 Å². The first-order valence-corrected chi connectivity index (χ1v) is 8.22. The van der Waals surface area contributed by atoms with Crippen molar-refractivity contribution in [1.29, 1.82) is 0 Å². The molecule has 2 fully saturated rings. The molecule has 6 heteroatoms. The van der Waals surface area contributed by atoms with E-state index in [4.69, 9.17) is 0 Å². The number of hydrogen-bond donors (Lipinski definition) is 1. The van der Waals surface area contributed by atoms with Gasteiger partial charge in [-0.3, -0.25) is 4.90 Å². The van der Waals surface area contributed by atoms with E-state index in [0.717, 1.165) is 36.4 Å². The zero-order valence-electron chi connectivity index (χ0n) is 13.3. The van der Waals surface area contributed by atoms with Crippen LogP contribution in [0, 0.1) is 0 Å². The van der Waals surface area contributed by atoms with Crippen molar-refractivity contribution in [1.82, 2.24) is 24.8 Å². The summed E-state index contributed by atoms with van der Waals surface area (Å²) in [4.78, 5) is 7.24. The molecule has 3 aromatic rings. The van der Waals surface area contributed by atoms with Crippen LogP contribution in [0.5, 0.6) is 0 Å². The Labute approximate surface area is 147 Å². The Balaban J connectivity index is 0.00000146. The molecule has 2 bridgehead atoms. The van der Waals surface area contributed by atoms with Crippen LogP contribution in [0.3, 0.4) is 0 Å². The highest BCUT2D eigenvalue weighted by Crippen LogP contribution is 2.26. The highest BCUT2D eigenvalue weighted by molar-refractivity contribution is 5.85. The van der Waals surface area contributed by atoms with Gasteiger partial charge in [0.15, 0.2) is 5.65 Å². The molecule has 1 aromatic carbocycles. The summed E-state index contributed by atoms with van der Waals surface area (Å²) in [6.45, 7) is 3.24. The van der Waals surface area contributed by atoms with Gasteiger partial charge < -0.3 is 5.32 Å². The molecule has 1 N–H and O–H groups in total. The molecule has 5 nitrogen and oxygen atoms in total. The minimum atomic E-state index is 0. The second-order valence-corrected chi connectivity index (χ2v) is 6.58. The van der Waals surface area contributed by atoms with Gasteiger partial charge in [-0.25, -0.2) is 9.50 Å². The Bertz CT molecular complexity index is 847. The molecular weight excluding hydrogens is 322 g/mol. The van der Waals surface area contributed by atoms with E-state index in [9.17, 15) is 0 Å². The van der Waals surface area contributed by atoms with Gasteiger partial charge >= 0.3 is 0 Å². The van der Waals surface area contributed by atoms with Crippen molar-refractivity contribution in [3.63, 3.8) is 0 Å². The fourth-order valence-electron chi connectivity index (χ4n) is 3.89. The minimum absolute atomic E-state index is 0. The maximum absolute atomic E-state index is 4.68. The lowest BCUT2D eigenvalue weighted by Gasteiger charge is -2.26. The van der Waals surface area contributed by atoms with Crippen LogP contribution in [0.4, 0.5) is 0 Å². The van der Waals surface area contributed by atoms with Crippen LogP contribution < -0.4 is 5.32 Å². The largest absolute Gasteiger partial charge is 0.311 e. The molecule has 2 aromatic heterocycles. The third kappa shape index (κ3) is 2.59. The predicted molar refractivity (Wildman–Crippen MR) is 96.3 cm³/mol. The molecule has 4 heterocycles. The zero-order valence-corrected chi connectivity index (χ0v) is 14.1. The van der Waals surface area contributed by atoms with Gasteiger partial charge in [-0.2, -0.15) is 5.10 Å². The first-order valence-electron chi connectivity index (χ1n) is 8.22. The number of hydrogen-bond acceptors (Lipinski definition) is 4. The van der Waals surface area contributed by atoms with E-state index in [2.05, 4.69) is 38.6 Å². The van der Waals surface area contributed by atoms with E-state index < -0.39 is 0 Å². The van der Waals surface area contributed by atoms with E-state index in [1.165, 1.54) is 12.0 Å². The highest BCUT2D eigenvalue weighted by atomic mass is 35.5. The van der Waals surface area contributed by atoms with Crippen molar-refractivity contribution in [2.75, 3.05) is 13.1 Å². The van der Waals surface area contributed by atoms with E-state index in [-0.39, 0.29) is 12.4 Å². The molecule has 24 heavy (non-hydrogen) atoms. The number of rotatable bonds is 3. The maximum Gasteiger partial charge on any atom is 0.162 e. The summed E-state index contributed by atoms with van der Waals surface area (Å²) in [6.07, 6.45) is 7.32. The maximum atomic E-state index is 4.68. The molecule has 2 aliphatic rings. The second-order valence-electron chi connectivity index (χ2n) is 6.58. The van der Waals surface area contributed by atoms with Gasteiger partial charge in [0, 0.05) is 55.2 Å². The molecule has 0 amide bonds. The number of nitrogens with one attached hydrogen (secondary N) is 1. The van der Waals surface area contributed by atoms with E-state index in [0.29, 0.717) is 12.1 Å². The first kappa shape index (κ1) is 15.6. The fourth-order valence-corrected chi connectivity index (χ4v) is 3.89. The van der Waals surface area contributed by atoms with Gasteiger partial charge in [-0.05, 0) is 12.0 Å². The summed E-state index contributed by atoms with van der Waals surface area (Å²) in [6, 6.07) is 11.7. The summed E-state index contributed by atoms with van der Waals surface area (Å²) >= 11 is 0. The minimum Gasteiger partial charge on any atom is -0.311 e. The van der Waals surface area contributed by atoms with Crippen LogP contribution in [0.1, 0.15) is 12.0 Å². The average molecular weight is 342 g/mol. The van der Waals surface area contributed by atoms with Gasteiger partial charge in [-0.1, -0.05) is 30.3 Å². The van der Waals surface area contributed by atoms with Gasteiger partial charge in [0.2, 0.25) is 0 Å². The molecular formula is C18H20ClN5. The van der Waals surface area contributed by atoms with Crippen molar-refractivity contribution in [2.45, 2.75) is 25.0 Å². The molecule has 5 rings (SSSR count). The molecule has 2 atom stereocenters. The third-order valence-corrected chi connectivity index (χ3v) is 5.05. The van der Waals surface area contributed by atoms with E-state index >= 15 is 0 Å². The topological polar surface area (TPSA) is 45.5 Å². The van der Waals surface area contributed by atoms with Crippen LogP contribution in [0.25, 0.3) is 16.8 Å². The lowest BCUT2D eigenvalue weighted by molar-refractivity contribution is 0.217. The van der Waals surface area contributed by atoms with Crippen LogP contribution in [0.2, 0.25) is 0 Å². The van der Waals surface area contributed by atoms with Gasteiger partial charge in [0.1, 0.15) is 0 Å². The quantitative estimate of drug-likeness (QED) is 0.794. The lowest BCUT2D eigenvalue weighted by Crippen LogP contribution is -2.43. The number of halogens is 1. The summed E-state index contributed by atoms with van der Waals surface area (Å²) in [5, 5.41) is 8.05. The Morgan fingerprint density at radius 2 is 2.04 bits per heavy atom. The standard InChI is InChI=1S/C18H19N5.ClH/c1-2-4-14(5-3-1)17-9-21-23-11-13(7-20-18(17)23)10-22-12-15-6-16(22)8-19-15;/h1-5,7,9,11,15-16,19H,6,8,10,12H2;1H/t15-,16-;/m0./s1. The van der Waals surface area contributed by atoms with Crippen molar-refractivity contribution in [3.05, 3.63) is 54.5 Å². The van der Waals surface area contributed by atoms with Gasteiger partial charge in [-0.15, -0.1) is 12.4 Å². The van der Waals surface area contributed by atoms with Crippen molar-refractivity contribution in [2.24, 2.45) is 0 Å². The Morgan fingerprint density at radius 1 is 1.17 bits per heavy atom. The van der Waals surface area contributed by atoms with Crippen molar-refractivity contribution < 1.29 is 0 Å². The summed E-state index contributed by atoms with van der Waals surface area (Å²) in [7, 11) is 0. The van der Waals surface area contributed by atoms with Crippen LogP contribution in [-0.2, 0) is 6.54 Å². The fraction of sp³-hybridized carbons (Fsp3) is 0.333. The number of nitrogens with zero attached hydrogens (tertiary/aromatic N) is 4. The SMILES string of the molecule is Cl.c1ccc(-c2cnn3cc(CN4C[C@@H]5C[C@H]4CN5)cnc23)cc1. The number of benzene rings is 1. The van der Waals surface area contributed by atoms with E-state index in [1.807, 2.05) is 35.1 Å². The van der Waals surface area contributed by atoms with Crippen LogP contribution in [-0.4, -0.2) is 44.7 Å². The monoisotopic (exact) mass is 341 g/mol. The third-order valence-electron chi connectivity index (χ3n) is 5.05. The normalized spacial score (nSPS) is 22.8. The van der Waals surface area contributed by atoms with Gasteiger partial charge in [0.25, 0.3) is 0 Å². The first-order chi connectivity index (χ1) is 11.4. The number of likely N-dealkylation sites (tertiary alicyclic amines) is 1. The molecule has 0 unspecified atom stereocenters. The summed E-state index contributed by atoms with van der Waals surface area (Å²) in [5.41, 5.74) is 4.39. The molecule has 2 saturated heterocycles. The average Bonchev–Trinajstić information content (AvgIpc) is 3.30. The number of piperazine rings is 1.